The monoisotopic (exact) mass is 357 g/mol. The normalized spacial score (nSPS) is 17.9. The van der Waals surface area contributed by atoms with Gasteiger partial charge in [-0.05, 0) is 49.6 Å². The zero-order valence-electron chi connectivity index (χ0n) is 14.0. The van der Waals surface area contributed by atoms with Gasteiger partial charge < -0.3 is 16.0 Å². The third-order valence-electron chi connectivity index (χ3n) is 4.03. The van der Waals surface area contributed by atoms with Crippen LogP contribution in [0.1, 0.15) is 37.0 Å². The van der Waals surface area contributed by atoms with Crippen LogP contribution < -0.4 is 16.0 Å². The molecule has 1 aromatic rings. The molecule has 2 amide bonds. The van der Waals surface area contributed by atoms with Crippen LogP contribution in [0, 0.1) is 11.7 Å². The van der Waals surface area contributed by atoms with Gasteiger partial charge in [0, 0.05) is 18.2 Å². The number of hydrogen-bond acceptors (Lipinski definition) is 3. The molecule has 0 radical (unpaired) electrons. The lowest BCUT2D eigenvalue weighted by molar-refractivity contribution is -0.124. The highest BCUT2D eigenvalue weighted by molar-refractivity contribution is 5.97. The quantitative estimate of drug-likeness (QED) is 0.728. The summed E-state index contributed by atoms with van der Waals surface area (Å²) < 4.78 is 12.9. The molecular formula is C17H25ClFN3O2. The SMILES string of the molecule is CC(C)C(NC(=O)c1ccc(F)cc1)C(=O)NCC1CCCN1.Cl. The molecule has 1 saturated heterocycles. The Labute approximate surface area is 148 Å². The van der Waals surface area contributed by atoms with Crippen molar-refractivity contribution < 1.29 is 14.0 Å². The zero-order chi connectivity index (χ0) is 16.8. The molecule has 2 unspecified atom stereocenters. The molecule has 0 aromatic heterocycles. The molecular weight excluding hydrogens is 333 g/mol. The maximum Gasteiger partial charge on any atom is 0.251 e. The Morgan fingerprint density at radius 3 is 2.50 bits per heavy atom. The molecule has 1 aliphatic rings. The van der Waals surface area contributed by atoms with Crippen LogP contribution in [0.5, 0.6) is 0 Å². The molecule has 2 rings (SSSR count). The summed E-state index contributed by atoms with van der Waals surface area (Å²) in [4.78, 5) is 24.6. The number of benzene rings is 1. The lowest BCUT2D eigenvalue weighted by Gasteiger charge is -2.23. The van der Waals surface area contributed by atoms with Gasteiger partial charge in [-0.25, -0.2) is 4.39 Å². The lowest BCUT2D eigenvalue weighted by atomic mass is 10.0. The number of rotatable bonds is 6. The first-order valence-corrected chi connectivity index (χ1v) is 8.05. The number of nitrogens with one attached hydrogen (secondary N) is 3. The first-order valence-electron chi connectivity index (χ1n) is 8.05. The predicted octanol–water partition coefficient (Wildman–Crippen LogP) is 1.87. The number of carbonyl (C=O) groups excluding carboxylic acids is 2. The fourth-order valence-corrected chi connectivity index (χ4v) is 2.63. The van der Waals surface area contributed by atoms with Gasteiger partial charge in [-0.1, -0.05) is 13.8 Å². The highest BCUT2D eigenvalue weighted by Gasteiger charge is 2.25. The zero-order valence-corrected chi connectivity index (χ0v) is 14.8. The van der Waals surface area contributed by atoms with E-state index in [1.165, 1.54) is 24.3 Å². The number of hydrogen-bond donors (Lipinski definition) is 3. The Kier molecular flexibility index (Phi) is 8.15. The number of carbonyl (C=O) groups is 2. The van der Waals surface area contributed by atoms with Gasteiger partial charge in [0.1, 0.15) is 11.9 Å². The molecule has 1 heterocycles. The van der Waals surface area contributed by atoms with E-state index in [0.29, 0.717) is 18.2 Å². The Morgan fingerprint density at radius 2 is 1.96 bits per heavy atom. The van der Waals surface area contributed by atoms with Gasteiger partial charge >= 0.3 is 0 Å². The first kappa shape index (κ1) is 20.4. The van der Waals surface area contributed by atoms with Crippen LogP contribution in [0.4, 0.5) is 4.39 Å². The fourth-order valence-electron chi connectivity index (χ4n) is 2.63. The van der Waals surface area contributed by atoms with E-state index in [1.807, 2.05) is 13.8 Å². The van der Waals surface area contributed by atoms with Crippen molar-refractivity contribution in [2.45, 2.75) is 38.8 Å². The van der Waals surface area contributed by atoms with E-state index in [0.717, 1.165) is 19.4 Å². The molecule has 24 heavy (non-hydrogen) atoms. The Balaban J connectivity index is 0.00000288. The summed E-state index contributed by atoms with van der Waals surface area (Å²) in [5.74, 6) is -1.01. The largest absolute Gasteiger partial charge is 0.353 e. The van der Waals surface area contributed by atoms with E-state index in [9.17, 15) is 14.0 Å². The molecule has 0 bridgehead atoms. The van der Waals surface area contributed by atoms with Crippen LogP contribution in [0.2, 0.25) is 0 Å². The van der Waals surface area contributed by atoms with E-state index in [4.69, 9.17) is 0 Å². The fraction of sp³-hybridized carbons (Fsp3) is 0.529. The summed E-state index contributed by atoms with van der Waals surface area (Å²) in [7, 11) is 0. The summed E-state index contributed by atoms with van der Waals surface area (Å²) in [5, 5.41) is 8.94. The standard InChI is InChI=1S/C17H24FN3O2.ClH/c1-11(2)15(17(23)20-10-14-4-3-9-19-14)21-16(22)12-5-7-13(18)8-6-12;/h5-8,11,14-15,19H,3-4,9-10H2,1-2H3,(H,20,23)(H,21,22);1H. The minimum atomic E-state index is -0.617. The highest BCUT2D eigenvalue weighted by Crippen LogP contribution is 2.08. The molecule has 7 heteroatoms. The first-order chi connectivity index (χ1) is 11.0. The molecule has 1 aromatic carbocycles. The Morgan fingerprint density at radius 1 is 1.29 bits per heavy atom. The summed E-state index contributed by atoms with van der Waals surface area (Å²) in [6.07, 6.45) is 2.17. The van der Waals surface area contributed by atoms with Gasteiger partial charge in [-0.15, -0.1) is 12.4 Å². The Hall–Kier alpha value is -1.66. The van der Waals surface area contributed by atoms with Crippen molar-refractivity contribution in [2.75, 3.05) is 13.1 Å². The van der Waals surface area contributed by atoms with Crippen molar-refractivity contribution in [2.24, 2.45) is 5.92 Å². The third kappa shape index (κ3) is 5.76. The average Bonchev–Trinajstić information content (AvgIpc) is 3.03. The van der Waals surface area contributed by atoms with E-state index in [1.54, 1.807) is 0 Å². The van der Waals surface area contributed by atoms with Crippen LogP contribution in [0.25, 0.3) is 0 Å². The molecule has 5 nitrogen and oxygen atoms in total. The summed E-state index contributed by atoms with van der Waals surface area (Å²) in [5.41, 5.74) is 0.335. The summed E-state index contributed by atoms with van der Waals surface area (Å²) in [6, 6.07) is 4.95. The van der Waals surface area contributed by atoms with Crippen molar-refractivity contribution >= 4 is 24.2 Å². The average molecular weight is 358 g/mol. The van der Waals surface area contributed by atoms with E-state index >= 15 is 0 Å². The van der Waals surface area contributed by atoms with Crippen LogP contribution in [0.15, 0.2) is 24.3 Å². The molecule has 0 aliphatic carbocycles. The van der Waals surface area contributed by atoms with Gasteiger partial charge in [0.15, 0.2) is 0 Å². The minimum absolute atomic E-state index is 0. The second-order valence-corrected chi connectivity index (χ2v) is 6.24. The molecule has 1 aliphatic heterocycles. The number of amides is 2. The van der Waals surface area contributed by atoms with Crippen LogP contribution in [0.3, 0.4) is 0 Å². The summed E-state index contributed by atoms with van der Waals surface area (Å²) >= 11 is 0. The van der Waals surface area contributed by atoms with E-state index in [2.05, 4.69) is 16.0 Å². The van der Waals surface area contributed by atoms with Gasteiger partial charge in [-0.3, -0.25) is 9.59 Å². The predicted molar refractivity (Wildman–Crippen MR) is 93.8 cm³/mol. The van der Waals surface area contributed by atoms with Gasteiger partial charge in [-0.2, -0.15) is 0 Å². The van der Waals surface area contributed by atoms with Crippen LogP contribution in [-0.4, -0.2) is 37.0 Å². The molecule has 0 saturated carbocycles. The van der Waals surface area contributed by atoms with Crippen molar-refractivity contribution in [3.05, 3.63) is 35.6 Å². The van der Waals surface area contributed by atoms with Crippen LogP contribution >= 0.6 is 12.4 Å². The van der Waals surface area contributed by atoms with Crippen molar-refractivity contribution in [3.8, 4) is 0 Å². The van der Waals surface area contributed by atoms with Crippen molar-refractivity contribution in [3.63, 3.8) is 0 Å². The second kappa shape index (κ2) is 9.59. The second-order valence-electron chi connectivity index (χ2n) is 6.24. The molecule has 0 spiro atoms. The van der Waals surface area contributed by atoms with E-state index < -0.39 is 11.9 Å². The van der Waals surface area contributed by atoms with Gasteiger partial charge in [0.2, 0.25) is 5.91 Å². The Bertz CT molecular complexity index is 545. The molecule has 3 N–H and O–H groups in total. The lowest BCUT2D eigenvalue weighted by Crippen LogP contribution is -2.51. The maximum absolute atomic E-state index is 12.9. The minimum Gasteiger partial charge on any atom is -0.353 e. The van der Waals surface area contributed by atoms with E-state index in [-0.39, 0.29) is 30.1 Å². The molecule has 134 valence electrons. The maximum atomic E-state index is 12.9. The molecule has 2 atom stereocenters. The topological polar surface area (TPSA) is 70.2 Å². The van der Waals surface area contributed by atoms with Gasteiger partial charge in [0.05, 0.1) is 0 Å². The smallest absolute Gasteiger partial charge is 0.251 e. The van der Waals surface area contributed by atoms with Crippen molar-refractivity contribution in [1.29, 1.82) is 0 Å². The van der Waals surface area contributed by atoms with Crippen LogP contribution in [-0.2, 0) is 4.79 Å². The third-order valence-corrected chi connectivity index (χ3v) is 4.03. The highest BCUT2D eigenvalue weighted by atomic mass is 35.5. The summed E-state index contributed by atoms with van der Waals surface area (Å²) in [6.45, 7) is 5.30. The number of halogens is 2. The van der Waals surface area contributed by atoms with Crippen molar-refractivity contribution in [1.82, 2.24) is 16.0 Å². The molecule has 1 fully saturated rings. The van der Waals surface area contributed by atoms with Gasteiger partial charge in [0.25, 0.3) is 5.91 Å².